The number of carbonyl (C=O) groups excluding carboxylic acids is 5. The van der Waals surface area contributed by atoms with Crippen molar-refractivity contribution in [1.29, 1.82) is 0 Å². The number of hydrogen-bond donors (Lipinski definition) is 5. The van der Waals surface area contributed by atoms with E-state index in [0.29, 0.717) is 29.9 Å². The molecule has 2 aromatic carbocycles. The second-order valence-electron chi connectivity index (χ2n) is 14.3. The smallest absolute Gasteiger partial charge is 0.325 e. The molecule has 4 atom stereocenters. The molecule has 0 radical (unpaired) electrons. The van der Waals surface area contributed by atoms with Crippen LogP contribution in [0.15, 0.2) is 48.5 Å². The number of carbonyl (C=O) groups is 5. The predicted octanol–water partition coefficient (Wildman–Crippen LogP) is 3.62. The van der Waals surface area contributed by atoms with Gasteiger partial charge in [-0.1, -0.05) is 56.9 Å². The van der Waals surface area contributed by atoms with Gasteiger partial charge in [0.15, 0.2) is 6.10 Å². The van der Waals surface area contributed by atoms with E-state index >= 15 is 0 Å². The Bertz CT molecular complexity index is 1480. The molecule has 4 bridgehead atoms. The Morgan fingerprint density at radius 2 is 1.68 bits per heavy atom. The van der Waals surface area contributed by atoms with Crippen molar-refractivity contribution < 1.29 is 38.6 Å². The summed E-state index contributed by atoms with van der Waals surface area (Å²) in [5.41, 5.74) is 0.914. The second-order valence-corrected chi connectivity index (χ2v) is 14.3. The van der Waals surface area contributed by atoms with Crippen LogP contribution >= 0.6 is 0 Å². The molecule has 272 valence electrons. The number of fused-ring (bicyclic) bond motifs is 10. The summed E-state index contributed by atoms with van der Waals surface area (Å²) in [6, 6.07) is 11.7. The molecular formula is C38H52N4O8. The number of aliphatic hydroxyl groups is 1. The van der Waals surface area contributed by atoms with Crippen molar-refractivity contribution >= 4 is 29.6 Å². The third kappa shape index (κ3) is 11.9. The lowest BCUT2D eigenvalue weighted by atomic mass is 9.83. The van der Waals surface area contributed by atoms with Crippen molar-refractivity contribution in [1.82, 2.24) is 21.3 Å². The minimum atomic E-state index is -1.68. The van der Waals surface area contributed by atoms with Gasteiger partial charge in [-0.05, 0) is 87.8 Å². The molecule has 12 nitrogen and oxygen atoms in total. The molecule has 5 rings (SSSR count). The zero-order chi connectivity index (χ0) is 36.3. The van der Waals surface area contributed by atoms with E-state index in [4.69, 9.17) is 9.47 Å². The predicted molar refractivity (Wildman–Crippen MR) is 187 cm³/mol. The summed E-state index contributed by atoms with van der Waals surface area (Å²) < 4.78 is 11.3. The van der Waals surface area contributed by atoms with Gasteiger partial charge >= 0.3 is 5.97 Å². The highest BCUT2D eigenvalue weighted by Gasteiger charge is 2.35. The van der Waals surface area contributed by atoms with Crippen molar-refractivity contribution in [2.45, 2.75) is 122 Å². The third-order valence-electron chi connectivity index (χ3n) is 8.90. The lowest BCUT2D eigenvalue weighted by Gasteiger charge is -2.32. The zero-order valence-electron chi connectivity index (χ0n) is 29.6. The van der Waals surface area contributed by atoms with Gasteiger partial charge in [0.25, 0.3) is 5.91 Å². The molecule has 2 aromatic rings. The van der Waals surface area contributed by atoms with Crippen LogP contribution in [0.1, 0.15) is 90.2 Å². The number of aryl methyl sites for hydroxylation is 1. The summed E-state index contributed by atoms with van der Waals surface area (Å²) in [5, 5.41) is 22.1. The Morgan fingerprint density at radius 3 is 2.36 bits per heavy atom. The first-order valence-corrected chi connectivity index (χ1v) is 17.7. The van der Waals surface area contributed by atoms with Crippen LogP contribution in [0.3, 0.4) is 0 Å². The zero-order valence-corrected chi connectivity index (χ0v) is 29.6. The van der Waals surface area contributed by atoms with Gasteiger partial charge in [-0.15, -0.1) is 0 Å². The normalized spacial score (nSPS) is 20.3. The summed E-state index contributed by atoms with van der Waals surface area (Å²) >= 11 is 0. The number of esters is 1. The van der Waals surface area contributed by atoms with Crippen LogP contribution in [0.5, 0.6) is 11.5 Å². The van der Waals surface area contributed by atoms with E-state index in [1.54, 1.807) is 39.0 Å². The van der Waals surface area contributed by atoms with Gasteiger partial charge in [0, 0.05) is 12.8 Å². The maximum atomic E-state index is 14.1. The fourth-order valence-corrected chi connectivity index (χ4v) is 6.40. The molecule has 3 aliphatic rings. The molecular weight excluding hydrogens is 640 g/mol. The van der Waals surface area contributed by atoms with Crippen LogP contribution in [0, 0.1) is 5.92 Å². The highest BCUT2D eigenvalue weighted by molar-refractivity contribution is 5.93. The standard InChI is InChI=1S/C38H52N4O8/c1-5-10-29(34(45)37(48)39-23-32(44)50-38(2,3)4)40-35(46)30-22-25-11-9-14-28(21-25)49-27-18-15-24(16-19-27)17-20-31(43)42-33(36(47)41-30)26-12-7-6-8-13-26/h9,11,14-16,18-19,21,26,29-30,33-34,45H,5-8,10,12-13,17,20,22-23H2,1-4H3,(H,39,48)(H,40,46)(H,41,47)(H,42,43). The summed E-state index contributed by atoms with van der Waals surface area (Å²) in [5.74, 6) is -1.76. The quantitative estimate of drug-likeness (QED) is 0.248. The number of rotatable bonds is 9. The monoisotopic (exact) mass is 692 g/mol. The van der Waals surface area contributed by atoms with Crippen LogP contribution in [-0.4, -0.2) is 71.1 Å². The van der Waals surface area contributed by atoms with Gasteiger partial charge in [0.05, 0.1) is 6.04 Å². The Kier molecular flexibility index (Phi) is 13.8. The van der Waals surface area contributed by atoms with Crippen molar-refractivity contribution in [3.8, 4) is 11.5 Å². The molecule has 2 heterocycles. The maximum Gasteiger partial charge on any atom is 0.325 e. The molecule has 0 aromatic heterocycles. The molecule has 1 aliphatic carbocycles. The van der Waals surface area contributed by atoms with E-state index in [2.05, 4.69) is 21.3 Å². The summed E-state index contributed by atoms with van der Waals surface area (Å²) in [4.78, 5) is 66.3. The van der Waals surface area contributed by atoms with Crippen LogP contribution in [0.25, 0.3) is 0 Å². The summed E-state index contributed by atoms with van der Waals surface area (Å²) in [6.07, 6.45) is 4.34. The number of aliphatic hydroxyl groups excluding tert-OH is 1. The van der Waals surface area contributed by atoms with E-state index in [9.17, 15) is 29.1 Å². The van der Waals surface area contributed by atoms with E-state index in [-0.39, 0.29) is 31.1 Å². The number of benzene rings is 2. The largest absolute Gasteiger partial charge is 0.459 e. The van der Waals surface area contributed by atoms with Gasteiger partial charge in [0.2, 0.25) is 17.7 Å². The lowest BCUT2D eigenvalue weighted by Crippen LogP contribution is -2.59. The fourth-order valence-electron chi connectivity index (χ4n) is 6.40. The molecule has 0 spiro atoms. The molecule has 2 aliphatic heterocycles. The maximum absolute atomic E-state index is 14.1. The Labute approximate surface area is 294 Å². The van der Waals surface area contributed by atoms with Crippen molar-refractivity contribution in [3.05, 3.63) is 59.7 Å². The Morgan fingerprint density at radius 1 is 0.960 bits per heavy atom. The average Bonchev–Trinajstić information content (AvgIpc) is 3.08. The van der Waals surface area contributed by atoms with Crippen LogP contribution in [0.4, 0.5) is 0 Å². The van der Waals surface area contributed by atoms with E-state index < -0.39 is 60.1 Å². The van der Waals surface area contributed by atoms with Crippen LogP contribution in [-0.2, 0) is 41.6 Å². The fraction of sp³-hybridized carbons (Fsp3) is 0.553. The highest BCUT2D eigenvalue weighted by Crippen LogP contribution is 2.28. The molecule has 50 heavy (non-hydrogen) atoms. The van der Waals surface area contributed by atoms with Crippen molar-refractivity contribution in [2.75, 3.05) is 6.54 Å². The van der Waals surface area contributed by atoms with Crippen molar-refractivity contribution in [3.63, 3.8) is 0 Å². The first-order valence-electron chi connectivity index (χ1n) is 17.7. The van der Waals surface area contributed by atoms with Gasteiger partial charge in [-0.3, -0.25) is 24.0 Å². The van der Waals surface area contributed by atoms with Gasteiger partial charge in [-0.25, -0.2) is 0 Å². The Balaban J connectivity index is 1.59. The summed E-state index contributed by atoms with van der Waals surface area (Å²) in [7, 11) is 0. The third-order valence-corrected chi connectivity index (χ3v) is 8.90. The van der Waals surface area contributed by atoms with Crippen molar-refractivity contribution in [2.24, 2.45) is 5.92 Å². The average molecular weight is 693 g/mol. The van der Waals surface area contributed by atoms with E-state index in [0.717, 1.165) is 37.7 Å². The summed E-state index contributed by atoms with van der Waals surface area (Å²) in [6.45, 7) is 6.50. The Hall–Kier alpha value is -4.45. The molecule has 12 heteroatoms. The number of nitrogens with one attached hydrogen (secondary N) is 4. The van der Waals surface area contributed by atoms with E-state index in [1.165, 1.54) is 0 Å². The molecule has 4 unspecified atom stereocenters. The van der Waals surface area contributed by atoms with Crippen LogP contribution < -0.4 is 26.0 Å². The molecule has 1 fully saturated rings. The number of amides is 4. The lowest BCUT2D eigenvalue weighted by molar-refractivity contribution is -0.155. The van der Waals surface area contributed by atoms with E-state index in [1.807, 2.05) is 37.3 Å². The molecule has 5 N–H and O–H groups in total. The molecule has 0 saturated heterocycles. The number of hydrogen-bond acceptors (Lipinski definition) is 8. The SMILES string of the molecule is CCCC(NC(=O)C1Cc2cccc(c2)Oc2ccc(cc2)CCC(=O)NC(C2CCCCC2)C(=O)N1)C(O)C(=O)NCC(=O)OC(C)(C)C. The minimum absolute atomic E-state index is 0.0683. The minimum Gasteiger partial charge on any atom is -0.459 e. The number of ether oxygens (including phenoxy) is 2. The van der Waals surface area contributed by atoms with Crippen LogP contribution in [0.2, 0.25) is 0 Å². The van der Waals surface area contributed by atoms with Gasteiger partial charge < -0.3 is 35.8 Å². The highest BCUT2D eigenvalue weighted by atomic mass is 16.6. The van der Waals surface area contributed by atoms with Gasteiger partial charge in [-0.2, -0.15) is 0 Å². The first-order chi connectivity index (χ1) is 23.8. The first kappa shape index (κ1) is 38.4. The molecule has 4 amide bonds. The topological polar surface area (TPSA) is 172 Å². The second kappa shape index (κ2) is 18.0. The van der Waals surface area contributed by atoms with Gasteiger partial charge in [0.1, 0.15) is 35.7 Å². The molecule has 1 saturated carbocycles.